The largest absolute Gasteiger partial charge is 0.497 e. The fourth-order valence-electron chi connectivity index (χ4n) is 2.62. The quantitative estimate of drug-likeness (QED) is 0.812. The standard InChI is InChI=1S/C19H21NO4/c1-12-10-15(12)17-7-4-13(24-17)6-9-19(21)20-16-11-14(22-2)5-8-18(16)23-3/h4-9,11-12,15H,10H2,1-3H3,(H,20,21)/b9-6+. The van der Waals surface area contributed by atoms with E-state index in [1.807, 2.05) is 12.1 Å². The van der Waals surface area contributed by atoms with E-state index in [4.69, 9.17) is 13.9 Å². The lowest BCUT2D eigenvalue weighted by Gasteiger charge is -2.10. The number of carbonyl (C=O) groups excluding carboxylic acids is 1. The maximum absolute atomic E-state index is 12.1. The van der Waals surface area contributed by atoms with Crippen LogP contribution in [-0.2, 0) is 4.79 Å². The molecule has 0 bridgehead atoms. The van der Waals surface area contributed by atoms with Crippen molar-refractivity contribution in [1.82, 2.24) is 0 Å². The number of hydrogen-bond donors (Lipinski definition) is 1. The second kappa shape index (κ2) is 6.83. The molecule has 0 aliphatic heterocycles. The van der Waals surface area contributed by atoms with Crippen LogP contribution in [0.3, 0.4) is 0 Å². The maximum atomic E-state index is 12.1. The van der Waals surface area contributed by atoms with Crippen molar-refractivity contribution in [3.05, 3.63) is 47.9 Å². The van der Waals surface area contributed by atoms with Crippen molar-refractivity contribution in [3.8, 4) is 11.5 Å². The first-order valence-electron chi connectivity index (χ1n) is 7.91. The van der Waals surface area contributed by atoms with Gasteiger partial charge in [0.05, 0.1) is 19.9 Å². The van der Waals surface area contributed by atoms with E-state index in [2.05, 4.69) is 12.2 Å². The Hall–Kier alpha value is -2.69. The van der Waals surface area contributed by atoms with Crippen LogP contribution in [0, 0.1) is 5.92 Å². The second-order valence-corrected chi connectivity index (χ2v) is 5.95. The van der Waals surface area contributed by atoms with Crippen LogP contribution in [0.15, 0.2) is 40.8 Å². The summed E-state index contributed by atoms with van der Waals surface area (Å²) in [6.07, 6.45) is 4.28. The number of methoxy groups -OCH3 is 2. The summed E-state index contributed by atoms with van der Waals surface area (Å²) in [6, 6.07) is 9.10. The highest BCUT2D eigenvalue weighted by molar-refractivity contribution is 6.02. The number of furan rings is 1. The first-order chi connectivity index (χ1) is 11.6. The fraction of sp³-hybridized carbons (Fsp3) is 0.316. The summed E-state index contributed by atoms with van der Waals surface area (Å²) in [5, 5.41) is 2.78. The topological polar surface area (TPSA) is 60.7 Å². The molecule has 0 spiro atoms. The van der Waals surface area contributed by atoms with Crippen molar-refractivity contribution in [3.63, 3.8) is 0 Å². The Labute approximate surface area is 141 Å². The average Bonchev–Trinajstić information content (AvgIpc) is 3.13. The van der Waals surface area contributed by atoms with Gasteiger partial charge in [0.25, 0.3) is 0 Å². The van der Waals surface area contributed by atoms with Gasteiger partial charge in [0.1, 0.15) is 23.0 Å². The molecular formula is C19H21NO4. The lowest BCUT2D eigenvalue weighted by Crippen LogP contribution is -2.09. The van der Waals surface area contributed by atoms with Crippen molar-refractivity contribution >= 4 is 17.7 Å². The number of hydrogen-bond acceptors (Lipinski definition) is 4. The maximum Gasteiger partial charge on any atom is 0.248 e. The Morgan fingerprint density at radius 3 is 2.71 bits per heavy atom. The first-order valence-corrected chi connectivity index (χ1v) is 7.91. The van der Waals surface area contributed by atoms with E-state index in [1.54, 1.807) is 38.5 Å². The molecule has 3 rings (SSSR count). The molecule has 5 heteroatoms. The molecule has 1 aliphatic rings. The molecule has 2 aromatic rings. The number of anilines is 1. The van der Waals surface area contributed by atoms with Crippen molar-refractivity contribution < 1.29 is 18.7 Å². The van der Waals surface area contributed by atoms with Gasteiger partial charge >= 0.3 is 0 Å². The predicted molar refractivity (Wildman–Crippen MR) is 92.4 cm³/mol. The Kier molecular flexibility index (Phi) is 4.60. The minimum absolute atomic E-state index is 0.265. The number of ether oxygens (including phenoxy) is 2. The zero-order chi connectivity index (χ0) is 17.1. The molecule has 2 atom stereocenters. The predicted octanol–water partition coefficient (Wildman–Crippen LogP) is 4.07. The van der Waals surface area contributed by atoms with E-state index in [0.717, 1.165) is 5.76 Å². The summed E-state index contributed by atoms with van der Waals surface area (Å²) in [5.41, 5.74) is 0.554. The summed E-state index contributed by atoms with van der Waals surface area (Å²) in [7, 11) is 3.12. The number of amides is 1. The molecule has 1 fully saturated rings. The molecule has 2 unspecified atom stereocenters. The summed E-state index contributed by atoms with van der Waals surface area (Å²) in [4.78, 5) is 12.1. The van der Waals surface area contributed by atoms with Gasteiger partial charge in [-0.1, -0.05) is 6.92 Å². The first kappa shape index (κ1) is 16.2. The molecule has 1 saturated carbocycles. The summed E-state index contributed by atoms with van der Waals surface area (Å²) in [6.45, 7) is 2.21. The number of nitrogens with one attached hydrogen (secondary N) is 1. The summed E-state index contributed by atoms with van der Waals surface area (Å²) < 4.78 is 16.2. The van der Waals surface area contributed by atoms with Gasteiger partial charge < -0.3 is 19.2 Å². The number of carbonyl (C=O) groups is 1. The van der Waals surface area contributed by atoms with E-state index in [9.17, 15) is 4.79 Å². The van der Waals surface area contributed by atoms with Gasteiger partial charge in [0, 0.05) is 18.1 Å². The van der Waals surface area contributed by atoms with Crippen LogP contribution in [0.25, 0.3) is 6.08 Å². The van der Waals surface area contributed by atoms with Crippen LogP contribution in [0.2, 0.25) is 0 Å². The molecule has 1 heterocycles. The van der Waals surface area contributed by atoms with Crippen LogP contribution in [0.4, 0.5) is 5.69 Å². The monoisotopic (exact) mass is 327 g/mol. The van der Waals surface area contributed by atoms with E-state index < -0.39 is 0 Å². The molecule has 0 saturated heterocycles. The van der Waals surface area contributed by atoms with Crippen LogP contribution in [0.1, 0.15) is 30.8 Å². The van der Waals surface area contributed by atoms with Crippen molar-refractivity contribution in [1.29, 1.82) is 0 Å². The molecule has 5 nitrogen and oxygen atoms in total. The molecule has 0 radical (unpaired) electrons. The molecule has 24 heavy (non-hydrogen) atoms. The van der Waals surface area contributed by atoms with Gasteiger partial charge in [0.2, 0.25) is 5.91 Å². The average molecular weight is 327 g/mol. The minimum atomic E-state index is -0.265. The van der Waals surface area contributed by atoms with E-state index in [1.165, 1.54) is 12.5 Å². The number of rotatable bonds is 6. The Bertz CT molecular complexity index is 762. The molecule has 1 aliphatic carbocycles. The Morgan fingerprint density at radius 1 is 1.25 bits per heavy atom. The van der Waals surface area contributed by atoms with Crippen molar-refractivity contribution in [2.75, 3.05) is 19.5 Å². The highest BCUT2D eigenvalue weighted by atomic mass is 16.5. The lowest BCUT2D eigenvalue weighted by atomic mass is 10.2. The number of benzene rings is 1. The zero-order valence-corrected chi connectivity index (χ0v) is 14.0. The normalized spacial score (nSPS) is 19.3. The van der Waals surface area contributed by atoms with Crippen LogP contribution in [-0.4, -0.2) is 20.1 Å². The van der Waals surface area contributed by atoms with Crippen LogP contribution < -0.4 is 14.8 Å². The molecular weight excluding hydrogens is 306 g/mol. The Morgan fingerprint density at radius 2 is 2.04 bits per heavy atom. The third kappa shape index (κ3) is 3.62. The third-order valence-electron chi connectivity index (χ3n) is 4.19. The minimum Gasteiger partial charge on any atom is -0.497 e. The second-order valence-electron chi connectivity index (χ2n) is 5.95. The van der Waals surface area contributed by atoms with Crippen molar-refractivity contribution in [2.45, 2.75) is 19.3 Å². The summed E-state index contributed by atoms with van der Waals surface area (Å²) in [5.74, 6) is 3.84. The SMILES string of the molecule is COc1ccc(OC)c(NC(=O)/C=C/c2ccc(C3CC3C)o2)c1. The zero-order valence-electron chi connectivity index (χ0n) is 14.0. The third-order valence-corrected chi connectivity index (χ3v) is 4.19. The highest BCUT2D eigenvalue weighted by Gasteiger charge is 2.36. The molecule has 1 N–H and O–H groups in total. The van der Waals surface area contributed by atoms with E-state index in [0.29, 0.717) is 34.8 Å². The highest BCUT2D eigenvalue weighted by Crippen LogP contribution is 2.47. The van der Waals surface area contributed by atoms with E-state index in [-0.39, 0.29) is 5.91 Å². The van der Waals surface area contributed by atoms with Gasteiger partial charge in [0.15, 0.2) is 0 Å². The van der Waals surface area contributed by atoms with Gasteiger partial charge in [-0.25, -0.2) is 0 Å². The lowest BCUT2D eigenvalue weighted by molar-refractivity contribution is -0.111. The molecule has 1 amide bonds. The molecule has 126 valence electrons. The smallest absolute Gasteiger partial charge is 0.248 e. The fourth-order valence-corrected chi connectivity index (χ4v) is 2.62. The van der Waals surface area contributed by atoms with Gasteiger partial charge in [-0.3, -0.25) is 4.79 Å². The van der Waals surface area contributed by atoms with Crippen LogP contribution >= 0.6 is 0 Å². The van der Waals surface area contributed by atoms with Gasteiger partial charge in [-0.2, -0.15) is 0 Å². The summed E-state index contributed by atoms with van der Waals surface area (Å²) >= 11 is 0. The molecule has 1 aromatic carbocycles. The molecule has 1 aromatic heterocycles. The van der Waals surface area contributed by atoms with Gasteiger partial charge in [-0.05, 0) is 42.7 Å². The van der Waals surface area contributed by atoms with E-state index >= 15 is 0 Å². The van der Waals surface area contributed by atoms with Gasteiger partial charge in [-0.15, -0.1) is 0 Å². The Balaban J connectivity index is 1.66. The van der Waals surface area contributed by atoms with Crippen molar-refractivity contribution in [2.24, 2.45) is 5.92 Å². The van der Waals surface area contributed by atoms with Crippen LogP contribution in [0.5, 0.6) is 11.5 Å².